The van der Waals surface area contributed by atoms with Crippen LogP contribution >= 0.6 is 46.3 Å². The molecule has 0 amide bonds. The number of thioether (sulfide) groups is 1. The number of aromatic nitrogens is 1. The van der Waals surface area contributed by atoms with Gasteiger partial charge in [-0.05, 0) is 12.3 Å². The van der Waals surface area contributed by atoms with Crippen molar-refractivity contribution in [2.75, 3.05) is 6.26 Å². The van der Waals surface area contributed by atoms with E-state index in [1.807, 2.05) is 6.26 Å². The number of nitro benzene ring substituents is 1. The lowest BCUT2D eigenvalue weighted by Gasteiger charge is -1.97. The molecule has 0 saturated heterocycles. The normalized spacial score (nSPS) is 10.9. The summed E-state index contributed by atoms with van der Waals surface area (Å²) in [6, 6.07) is 1.35. The predicted molar refractivity (Wildman–Crippen MR) is 68.1 cm³/mol. The number of thiazole rings is 1. The highest BCUT2D eigenvalue weighted by Crippen LogP contribution is 2.42. The summed E-state index contributed by atoms with van der Waals surface area (Å²) in [6.45, 7) is 0. The first-order valence-corrected chi connectivity index (χ1v) is 6.81. The van der Waals surface area contributed by atoms with Crippen LogP contribution in [0.5, 0.6) is 0 Å². The molecule has 0 aliphatic rings. The lowest BCUT2D eigenvalue weighted by atomic mass is 10.3. The molecule has 0 radical (unpaired) electrons. The van der Waals surface area contributed by atoms with E-state index in [-0.39, 0.29) is 10.7 Å². The predicted octanol–water partition coefficient (Wildman–Crippen LogP) is 4.23. The molecular weight excluding hydrogens is 291 g/mol. The summed E-state index contributed by atoms with van der Waals surface area (Å²) in [5, 5.41) is 11.3. The molecule has 1 aromatic carbocycles. The zero-order valence-corrected chi connectivity index (χ0v) is 11.0. The second-order valence-electron chi connectivity index (χ2n) is 2.81. The lowest BCUT2D eigenvalue weighted by molar-refractivity contribution is -0.382. The minimum atomic E-state index is -0.511. The maximum absolute atomic E-state index is 10.9. The van der Waals surface area contributed by atoms with Gasteiger partial charge in [0.15, 0.2) is 4.34 Å². The topological polar surface area (TPSA) is 56.0 Å². The van der Waals surface area contributed by atoms with E-state index in [1.165, 1.54) is 29.2 Å². The van der Waals surface area contributed by atoms with Crippen LogP contribution in [-0.2, 0) is 0 Å². The lowest BCUT2D eigenvalue weighted by Crippen LogP contribution is -1.89. The molecule has 1 heterocycles. The molecule has 0 saturated carbocycles. The average Bonchev–Trinajstić information content (AvgIpc) is 2.61. The van der Waals surface area contributed by atoms with Crippen molar-refractivity contribution in [2.24, 2.45) is 0 Å². The molecule has 0 fully saturated rings. The van der Waals surface area contributed by atoms with E-state index in [1.54, 1.807) is 0 Å². The Morgan fingerprint density at radius 1 is 1.50 bits per heavy atom. The molecule has 0 spiro atoms. The maximum atomic E-state index is 10.9. The summed E-state index contributed by atoms with van der Waals surface area (Å²) in [6.07, 6.45) is 1.85. The van der Waals surface area contributed by atoms with Crippen molar-refractivity contribution >= 4 is 62.2 Å². The van der Waals surface area contributed by atoms with Gasteiger partial charge in [-0.15, -0.1) is 11.3 Å². The van der Waals surface area contributed by atoms with Crippen LogP contribution in [0.15, 0.2) is 10.4 Å². The summed E-state index contributed by atoms with van der Waals surface area (Å²) >= 11 is 14.4. The quantitative estimate of drug-likeness (QED) is 0.472. The number of halogens is 2. The second-order valence-corrected chi connectivity index (χ2v) is 5.67. The largest absolute Gasteiger partial charge is 0.307 e. The molecule has 0 aliphatic carbocycles. The molecule has 2 rings (SSSR count). The molecule has 0 atom stereocenters. The molecular formula is C8H4Cl2N2O2S2. The van der Waals surface area contributed by atoms with E-state index in [0.29, 0.717) is 15.2 Å². The second kappa shape index (κ2) is 4.37. The van der Waals surface area contributed by atoms with Crippen LogP contribution in [0.3, 0.4) is 0 Å². The molecule has 4 nitrogen and oxygen atoms in total. The van der Waals surface area contributed by atoms with Crippen molar-refractivity contribution in [3.63, 3.8) is 0 Å². The minimum absolute atomic E-state index is 0.0406. The van der Waals surface area contributed by atoms with Crippen LogP contribution in [0, 0.1) is 10.1 Å². The first kappa shape index (κ1) is 11.9. The zero-order chi connectivity index (χ0) is 11.9. The molecule has 0 unspecified atom stereocenters. The van der Waals surface area contributed by atoms with Gasteiger partial charge in [0.1, 0.15) is 15.2 Å². The Hall–Kier alpha value is -0.560. The number of hydrogen-bond donors (Lipinski definition) is 0. The Labute approximate surface area is 109 Å². The van der Waals surface area contributed by atoms with E-state index in [2.05, 4.69) is 4.98 Å². The highest BCUT2D eigenvalue weighted by Gasteiger charge is 2.23. The van der Waals surface area contributed by atoms with Crippen molar-refractivity contribution < 1.29 is 4.92 Å². The summed E-state index contributed by atoms with van der Waals surface area (Å²) in [5.74, 6) is 0. The molecule has 84 valence electrons. The summed E-state index contributed by atoms with van der Waals surface area (Å²) in [4.78, 5) is 14.6. The zero-order valence-electron chi connectivity index (χ0n) is 7.86. The highest BCUT2D eigenvalue weighted by molar-refractivity contribution is 8.00. The monoisotopic (exact) mass is 294 g/mol. The summed E-state index contributed by atoms with van der Waals surface area (Å²) in [5.41, 5.74) is 0.311. The third-order valence-electron chi connectivity index (χ3n) is 1.89. The minimum Gasteiger partial charge on any atom is -0.258 e. The van der Waals surface area contributed by atoms with Gasteiger partial charge < -0.3 is 0 Å². The van der Waals surface area contributed by atoms with Gasteiger partial charge in [-0.25, -0.2) is 4.98 Å². The number of fused-ring (bicyclic) bond motifs is 1. The fraction of sp³-hybridized carbons (Fsp3) is 0.125. The van der Waals surface area contributed by atoms with Gasteiger partial charge in [0.05, 0.1) is 9.95 Å². The van der Waals surface area contributed by atoms with Gasteiger partial charge in [0.2, 0.25) is 0 Å². The number of nitro groups is 1. The first-order valence-electron chi connectivity index (χ1n) is 4.01. The number of rotatable bonds is 2. The summed E-state index contributed by atoms with van der Waals surface area (Å²) < 4.78 is 1.15. The van der Waals surface area contributed by atoms with Crippen molar-refractivity contribution in [2.45, 2.75) is 4.34 Å². The molecule has 0 aliphatic heterocycles. The Morgan fingerprint density at radius 3 is 2.75 bits per heavy atom. The van der Waals surface area contributed by atoms with E-state index in [9.17, 15) is 10.1 Å². The van der Waals surface area contributed by atoms with Crippen LogP contribution in [-0.4, -0.2) is 16.2 Å². The number of nitrogens with zero attached hydrogens (tertiary/aromatic N) is 2. The molecule has 16 heavy (non-hydrogen) atoms. The first-order chi connectivity index (χ1) is 7.54. The van der Waals surface area contributed by atoms with Gasteiger partial charge in [-0.3, -0.25) is 10.1 Å². The van der Waals surface area contributed by atoms with Gasteiger partial charge in [-0.1, -0.05) is 35.0 Å². The van der Waals surface area contributed by atoms with Crippen LogP contribution in [0.2, 0.25) is 10.0 Å². The Morgan fingerprint density at radius 2 is 2.19 bits per heavy atom. The van der Waals surface area contributed by atoms with E-state index >= 15 is 0 Å². The van der Waals surface area contributed by atoms with Crippen LogP contribution in [0.4, 0.5) is 5.69 Å². The third kappa shape index (κ3) is 1.86. The standard InChI is InChI=1S/C8H4Cl2N2O2S2/c1-15-8-11-5-3(9)2-4(10)6(12(13)14)7(5)16-8/h2H,1H3. The molecule has 8 heteroatoms. The fourth-order valence-electron chi connectivity index (χ4n) is 1.24. The maximum Gasteiger partial charge on any atom is 0.307 e. The third-order valence-corrected chi connectivity index (χ3v) is 4.51. The van der Waals surface area contributed by atoms with Gasteiger partial charge in [-0.2, -0.15) is 0 Å². The Bertz CT molecular complexity index is 585. The van der Waals surface area contributed by atoms with Crippen LogP contribution in [0.25, 0.3) is 10.2 Å². The Kier molecular flexibility index (Phi) is 3.25. The van der Waals surface area contributed by atoms with Crippen molar-refractivity contribution in [3.8, 4) is 0 Å². The molecule has 0 bridgehead atoms. The van der Waals surface area contributed by atoms with E-state index < -0.39 is 4.92 Å². The van der Waals surface area contributed by atoms with Crippen LogP contribution in [0.1, 0.15) is 0 Å². The van der Waals surface area contributed by atoms with Gasteiger partial charge >= 0.3 is 5.69 Å². The number of benzene rings is 1. The molecule has 2 aromatic rings. The average molecular weight is 295 g/mol. The summed E-state index contributed by atoms with van der Waals surface area (Å²) in [7, 11) is 0. The van der Waals surface area contributed by atoms with E-state index in [4.69, 9.17) is 23.2 Å². The fourth-order valence-corrected chi connectivity index (χ4v) is 3.53. The number of hydrogen-bond acceptors (Lipinski definition) is 5. The highest BCUT2D eigenvalue weighted by atomic mass is 35.5. The van der Waals surface area contributed by atoms with Gasteiger partial charge in [0.25, 0.3) is 0 Å². The molecule has 1 aromatic heterocycles. The van der Waals surface area contributed by atoms with E-state index in [0.717, 1.165) is 4.34 Å². The van der Waals surface area contributed by atoms with Crippen molar-refractivity contribution in [1.82, 2.24) is 4.98 Å². The van der Waals surface area contributed by atoms with Crippen molar-refractivity contribution in [3.05, 3.63) is 26.2 Å². The Balaban J connectivity index is 2.88. The SMILES string of the molecule is CSc1nc2c(Cl)cc(Cl)c([N+](=O)[O-])c2s1. The van der Waals surface area contributed by atoms with Crippen LogP contribution < -0.4 is 0 Å². The smallest absolute Gasteiger partial charge is 0.258 e. The molecule has 0 N–H and O–H groups in total. The van der Waals surface area contributed by atoms with Gasteiger partial charge in [0, 0.05) is 0 Å². The van der Waals surface area contributed by atoms with Crippen molar-refractivity contribution in [1.29, 1.82) is 0 Å².